The van der Waals surface area contributed by atoms with Gasteiger partial charge in [-0.25, -0.2) is 4.98 Å². The molecular formula is C18H22N2O2S. The summed E-state index contributed by atoms with van der Waals surface area (Å²) in [4.78, 5) is 19.6. The highest BCUT2D eigenvalue weighted by Gasteiger charge is 2.35. The molecule has 1 saturated carbocycles. The topological polar surface area (TPSA) is 53.4 Å². The standard InChI is InChI=1S/C18H22N2O2S/c1-14-16(23-13-19-14)17(21)20(11-15-7-3-2-4-8-15)12-18(22)9-5-6-10-18/h2-4,7-8,13,22H,5-6,9-12H2,1H3. The third-order valence-electron chi connectivity index (χ3n) is 4.46. The molecule has 1 aliphatic rings. The van der Waals surface area contributed by atoms with Gasteiger partial charge in [0, 0.05) is 6.54 Å². The molecule has 23 heavy (non-hydrogen) atoms. The quantitative estimate of drug-likeness (QED) is 0.914. The Morgan fingerprint density at radius 1 is 1.30 bits per heavy atom. The Bertz CT molecular complexity index is 663. The summed E-state index contributed by atoms with van der Waals surface area (Å²) in [5, 5.41) is 10.7. The van der Waals surface area contributed by atoms with Crippen molar-refractivity contribution in [2.45, 2.75) is 44.8 Å². The number of carbonyl (C=O) groups is 1. The Morgan fingerprint density at radius 3 is 2.61 bits per heavy atom. The van der Waals surface area contributed by atoms with Crippen LogP contribution in [0.2, 0.25) is 0 Å². The van der Waals surface area contributed by atoms with Gasteiger partial charge in [0.2, 0.25) is 0 Å². The van der Waals surface area contributed by atoms with Crippen molar-refractivity contribution in [3.63, 3.8) is 0 Å². The summed E-state index contributed by atoms with van der Waals surface area (Å²) in [6, 6.07) is 9.94. The van der Waals surface area contributed by atoms with Crippen molar-refractivity contribution in [2.75, 3.05) is 6.54 Å². The summed E-state index contributed by atoms with van der Waals surface area (Å²) in [7, 11) is 0. The zero-order valence-electron chi connectivity index (χ0n) is 13.4. The van der Waals surface area contributed by atoms with E-state index in [-0.39, 0.29) is 5.91 Å². The molecular weight excluding hydrogens is 308 g/mol. The van der Waals surface area contributed by atoms with Crippen molar-refractivity contribution >= 4 is 17.2 Å². The lowest BCUT2D eigenvalue weighted by atomic mass is 10.0. The average Bonchev–Trinajstić information content (AvgIpc) is 3.16. The highest BCUT2D eigenvalue weighted by atomic mass is 32.1. The maximum atomic E-state index is 12.9. The Morgan fingerprint density at radius 2 is 2.00 bits per heavy atom. The Balaban J connectivity index is 1.83. The van der Waals surface area contributed by atoms with Crippen molar-refractivity contribution in [3.05, 3.63) is 52.0 Å². The molecule has 0 unspecified atom stereocenters. The molecule has 3 rings (SSSR count). The Labute approximate surface area is 140 Å². The van der Waals surface area contributed by atoms with E-state index in [1.165, 1.54) is 11.3 Å². The van der Waals surface area contributed by atoms with Crippen LogP contribution in [-0.2, 0) is 6.54 Å². The van der Waals surface area contributed by atoms with Gasteiger partial charge in [-0.05, 0) is 25.3 Å². The van der Waals surface area contributed by atoms with E-state index >= 15 is 0 Å². The van der Waals surface area contributed by atoms with Crippen LogP contribution in [0.1, 0.15) is 46.6 Å². The second kappa shape index (κ2) is 6.81. The molecule has 2 aromatic rings. The molecule has 0 spiro atoms. The third-order valence-corrected chi connectivity index (χ3v) is 5.38. The fourth-order valence-electron chi connectivity index (χ4n) is 3.20. The first kappa shape index (κ1) is 16.1. The fraction of sp³-hybridized carbons (Fsp3) is 0.444. The minimum atomic E-state index is -0.747. The van der Waals surface area contributed by atoms with Gasteiger partial charge in [0.1, 0.15) is 4.88 Å². The van der Waals surface area contributed by atoms with E-state index in [9.17, 15) is 9.90 Å². The second-order valence-electron chi connectivity index (χ2n) is 6.35. The molecule has 0 bridgehead atoms. The first-order valence-electron chi connectivity index (χ1n) is 8.03. The van der Waals surface area contributed by atoms with Gasteiger partial charge in [0.25, 0.3) is 5.91 Å². The van der Waals surface area contributed by atoms with Crippen LogP contribution >= 0.6 is 11.3 Å². The van der Waals surface area contributed by atoms with E-state index in [0.717, 1.165) is 36.9 Å². The molecule has 0 aliphatic heterocycles. The van der Waals surface area contributed by atoms with Crippen LogP contribution in [-0.4, -0.2) is 33.0 Å². The van der Waals surface area contributed by atoms with Crippen molar-refractivity contribution < 1.29 is 9.90 Å². The van der Waals surface area contributed by atoms with Gasteiger partial charge in [-0.3, -0.25) is 4.79 Å². The van der Waals surface area contributed by atoms with Gasteiger partial charge < -0.3 is 10.0 Å². The molecule has 0 atom stereocenters. The first-order chi connectivity index (χ1) is 11.1. The number of thiazole rings is 1. The van der Waals surface area contributed by atoms with Crippen LogP contribution in [0, 0.1) is 6.92 Å². The fourth-order valence-corrected chi connectivity index (χ4v) is 3.97. The molecule has 1 aromatic heterocycles. The smallest absolute Gasteiger partial charge is 0.266 e. The van der Waals surface area contributed by atoms with Gasteiger partial charge in [-0.15, -0.1) is 11.3 Å². The lowest BCUT2D eigenvalue weighted by molar-refractivity contribution is 0.00800. The molecule has 1 fully saturated rings. The number of nitrogens with zero attached hydrogens (tertiary/aromatic N) is 2. The molecule has 1 aromatic carbocycles. The zero-order chi connectivity index (χ0) is 16.3. The van der Waals surface area contributed by atoms with E-state index < -0.39 is 5.60 Å². The number of aromatic nitrogens is 1. The number of carbonyl (C=O) groups excluding carboxylic acids is 1. The molecule has 1 aliphatic carbocycles. The third kappa shape index (κ3) is 3.79. The maximum absolute atomic E-state index is 12.9. The van der Waals surface area contributed by atoms with Gasteiger partial charge in [0.05, 0.1) is 23.4 Å². The minimum absolute atomic E-state index is 0.0332. The molecule has 1 heterocycles. The summed E-state index contributed by atoms with van der Waals surface area (Å²) in [5.41, 5.74) is 2.79. The van der Waals surface area contributed by atoms with Crippen LogP contribution in [0.5, 0.6) is 0 Å². The van der Waals surface area contributed by atoms with E-state index in [1.807, 2.05) is 37.3 Å². The van der Waals surface area contributed by atoms with E-state index in [0.29, 0.717) is 18.0 Å². The molecule has 1 amide bonds. The lowest BCUT2D eigenvalue weighted by Crippen LogP contribution is -2.43. The SMILES string of the molecule is Cc1ncsc1C(=O)N(Cc1ccccc1)CC1(O)CCCC1. The predicted molar refractivity (Wildman–Crippen MR) is 91.5 cm³/mol. The maximum Gasteiger partial charge on any atom is 0.266 e. The van der Waals surface area contributed by atoms with E-state index in [4.69, 9.17) is 0 Å². The van der Waals surface area contributed by atoms with Crippen LogP contribution in [0.15, 0.2) is 35.8 Å². The number of aliphatic hydroxyl groups is 1. The Hall–Kier alpha value is -1.72. The number of aryl methyl sites for hydroxylation is 1. The van der Waals surface area contributed by atoms with Gasteiger partial charge in [0.15, 0.2) is 0 Å². The molecule has 5 heteroatoms. The van der Waals surface area contributed by atoms with Gasteiger partial charge >= 0.3 is 0 Å². The summed E-state index contributed by atoms with van der Waals surface area (Å²) < 4.78 is 0. The molecule has 0 saturated heterocycles. The monoisotopic (exact) mass is 330 g/mol. The molecule has 1 N–H and O–H groups in total. The van der Waals surface area contributed by atoms with E-state index in [2.05, 4.69) is 4.98 Å². The van der Waals surface area contributed by atoms with Crippen molar-refractivity contribution in [2.24, 2.45) is 0 Å². The largest absolute Gasteiger partial charge is 0.388 e. The van der Waals surface area contributed by atoms with Crippen LogP contribution in [0.3, 0.4) is 0 Å². The summed E-state index contributed by atoms with van der Waals surface area (Å²) in [6.07, 6.45) is 3.60. The van der Waals surface area contributed by atoms with E-state index in [1.54, 1.807) is 10.4 Å². The van der Waals surface area contributed by atoms with Gasteiger partial charge in [-0.1, -0.05) is 43.2 Å². The average molecular weight is 330 g/mol. The van der Waals surface area contributed by atoms with Crippen molar-refractivity contribution in [1.29, 1.82) is 0 Å². The zero-order valence-corrected chi connectivity index (χ0v) is 14.2. The van der Waals surface area contributed by atoms with Crippen molar-refractivity contribution in [3.8, 4) is 0 Å². The molecule has 122 valence electrons. The number of benzene rings is 1. The van der Waals surface area contributed by atoms with Crippen LogP contribution in [0.4, 0.5) is 0 Å². The molecule has 4 nitrogen and oxygen atoms in total. The first-order valence-corrected chi connectivity index (χ1v) is 8.91. The predicted octanol–water partition coefficient (Wildman–Crippen LogP) is 3.40. The van der Waals surface area contributed by atoms with Crippen molar-refractivity contribution in [1.82, 2.24) is 9.88 Å². The summed E-state index contributed by atoms with van der Waals surface area (Å²) >= 11 is 1.37. The second-order valence-corrected chi connectivity index (χ2v) is 7.20. The lowest BCUT2D eigenvalue weighted by Gasteiger charge is -2.31. The normalized spacial score (nSPS) is 16.4. The van der Waals surface area contributed by atoms with Crippen LogP contribution < -0.4 is 0 Å². The number of hydrogen-bond donors (Lipinski definition) is 1. The summed E-state index contributed by atoms with van der Waals surface area (Å²) in [6.45, 7) is 2.76. The highest BCUT2D eigenvalue weighted by Crippen LogP contribution is 2.31. The van der Waals surface area contributed by atoms with Gasteiger partial charge in [-0.2, -0.15) is 0 Å². The van der Waals surface area contributed by atoms with Crippen LogP contribution in [0.25, 0.3) is 0 Å². The highest BCUT2D eigenvalue weighted by molar-refractivity contribution is 7.11. The summed E-state index contributed by atoms with van der Waals surface area (Å²) in [5.74, 6) is -0.0332. The molecule has 0 radical (unpaired) electrons. The number of amides is 1. The number of hydrogen-bond acceptors (Lipinski definition) is 4. The number of rotatable bonds is 5. The minimum Gasteiger partial charge on any atom is -0.388 e. The Kier molecular flexibility index (Phi) is 4.78.